The Morgan fingerprint density at radius 1 is 1.14 bits per heavy atom. The maximum absolute atomic E-state index is 13.5. The number of carbonyl (C=O) groups excluding carboxylic acids is 1. The van der Waals surface area contributed by atoms with Gasteiger partial charge in [0.1, 0.15) is 17.2 Å². The van der Waals surface area contributed by atoms with Crippen LogP contribution in [0.5, 0.6) is 11.5 Å². The average Bonchev–Trinajstić information content (AvgIpc) is 3.72. The number of halogens is 3. The second-order valence-electron chi connectivity index (χ2n) is 10.3. The summed E-state index contributed by atoms with van der Waals surface area (Å²) in [4.78, 5) is 13.5. The number of alkyl halides is 3. The predicted molar refractivity (Wildman–Crippen MR) is 156 cm³/mol. The van der Waals surface area contributed by atoms with Gasteiger partial charge in [0, 0.05) is 23.0 Å². The Morgan fingerprint density at radius 3 is 2.53 bits per heavy atom. The predicted octanol–water partition coefficient (Wildman–Crippen LogP) is 7.39. The Bertz CT molecular complexity index is 1640. The van der Waals surface area contributed by atoms with Gasteiger partial charge in [-0.05, 0) is 87.4 Å². The molecule has 0 radical (unpaired) electrons. The molecule has 3 aromatic rings. The number of esters is 1. The van der Waals surface area contributed by atoms with Gasteiger partial charge in [0.05, 0.1) is 26.1 Å². The highest BCUT2D eigenvalue weighted by Gasteiger charge is 2.48. The van der Waals surface area contributed by atoms with Gasteiger partial charge in [0.2, 0.25) is 0 Å². The van der Waals surface area contributed by atoms with Crippen molar-refractivity contribution in [3.8, 4) is 22.6 Å². The van der Waals surface area contributed by atoms with Crippen LogP contribution in [-0.4, -0.2) is 44.8 Å². The van der Waals surface area contributed by atoms with E-state index in [1.54, 1.807) is 42.9 Å². The number of ether oxygens (including phenoxy) is 3. The van der Waals surface area contributed by atoms with Crippen LogP contribution in [0.1, 0.15) is 50.0 Å². The Hall–Kier alpha value is -3.93. The van der Waals surface area contributed by atoms with Crippen molar-refractivity contribution in [1.29, 1.82) is 0 Å². The van der Waals surface area contributed by atoms with Crippen LogP contribution in [-0.2, 0) is 26.1 Å². The molecule has 0 spiro atoms. The first-order valence-electron chi connectivity index (χ1n) is 13.8. The second-order valence-corrected chi connectivity index (χ2v) is 11.8. The zero-order valence-corrected chi connectivity index (χ0v) is 25.0. The van der Waals surface area contributed by atoms with E-state index in [1.807, 2.05) is 13.0 Å². The van der Waals surface area contributed by atoms with Gasteiger partial charge < -0.3 is 23.0 Å². The molecule has 0 amide bonds. The summed E-state index contributed by atoms with van der Waals surface area (Å²) in [5.74, 6) is 0.574. The molecule has 1 heterocycles. The van der Waals surface area contributed by atoms with Crippen molar-refractivity contribution in [1.82, 2.24) is 4.57 Å². The van der Waals surface area contributed by atoms with Crippen LogP contribution in [0.3, 0.4) is 0 Å². The number of rotatable bonds is 14. The number of benzene rings is 2. The van der Waals surface area contributed by atoms with E-state index in [1.165, 1.54) is 12.1 Å². The summed E-state index contributed by atoms with van der Waals surface area (Å²) in [7, 11) is -4.36. The van der Waals surface area contributed by atoms with Gasteiger partial charge >= 0.3 is 21.6 Å². The van der Waals surface area contributed by atoms with Gasteiger partial charge in [-0.1, -0.05) is 24.3 Å². The standard InChI is InChI=1S/C31H34F3NO7S/c1-5-40-30(36)29-28(23-10-7-11-24(16-23)41-19-22-12-13-22)26-17-25(42-43(37,38)31(32,33)34)14-15-27(26)35(29)18-20(2)8-6-9-21(3)39-4/h7,9-11,14-17,22H,2,5-6,8,12-13,18-19H2,1,3-4H3/b21-9+. The molecule has 232 valence electrons. The van der Waals surface area contributed by atoms with E-state index in [0.717, 1.165) is 30.2 Å². The highest BCUT2D eigenvalue weighted by Crippen LogP contribution is 2.40. The van der Waals surface area contributed by atoms with Crippen LogP contribution in [0.15, 0.2) is 66.5 Å². The van der Waals surface area contributed by atoms with Gasteiger partial charge in [-0.3, -0.25) is 0 Å². The number of methoxy groups -OCH3 is 1. The fourth-order valence-electron chi connectivity index (χ4n) is 4.53. The van der Waals surface area contributed by atoms with Crippen molar-refractivity contribution in [2.45, 2.75) is 51.6 Å². The van der Waals surface area contributed by atoms with Gasteiger partial charge in [0.25, 0.3) is 0 Å². The molecule has 0 bridgehead atoms. The normalized spacial score (nSPS) is 14.0. The third kappa shape index (κ3) is 7.73. The Kier molecular flexibility index (Phi) is 9.79. The van der Waals surface area contributed by atoms with Crippen LogP contribution >= 0.6 is 0 Å². The summed E-state index contributed by atoms with van der Waals surface area (Å²) in [5.41, 5.74) is -3.41. The first kappa shape index (κ1) is 32.0. The molecule has 2 aromatic carbocycles. The third-order valence-corrected chi connectivity index (χ3v) is 7.91. The SMILES string of the molecule is C=C(CC/C=C(\C)OC)Cn1c(C(=O)OCC)c(-c2cccc(OCC3CC3)c2)c2cc(OS(=O)(=O)C(F)(F)F)ccc21. The van der Waals surface area contributed by atoms with Crippen molar-refractivity contribution in [3.63, 3.8) is 0 Å². The summed E-state index contributed by atoms with van der Waals surface area (Å²) in [6, 6.07) is 10.7. The minimum absolute atomic E-state index is 0.0740. The number of hydrogen-bond acceptors (Lipinski definition) is 7. The molecule has 8 nitrogen and oxygen atoms in total. The lowest BCUT2D eigenvalue weighted by Gasteiger charge is -2.14. The highest BCUT2D eigenvalue weighted by atomic mass is 32.2. The van der Waals surface area contributed by atoms with Crippen molar-refractivity contribution >= 4 is 27.0 Å². The quantitative estimate of drug-likeness (QED) is 0.0609. The number of carbonyl (C=O) groups is 1. The van der Waals surface area contributed by atoms with Crippen molar-refractivity contribution in [2.75, 3.05) is 20.3 Å². The number of allylic oxidation sites excluding steroid dienone is 3. The van der Waals surface area contributed by atoms with E-state index in [9.17, 15) is 26.4 Å². The lowest BCUT2D eigenvalue weighted by molar-refractivity contribution is -0.0500. The Balaban J connectivity index is 1.87. The zero-order valence-electron chi connectivity index (χ0n) is 24.2. The summed E-state index contributed by atoms with van der Waals surface area (Å²) < 4.78 is 85.6. The molecule has 0 aliphatic heterocycles. The van der Waals surface area contributed by atoms with Crippen LogP contribution in [0, 0.1) is 5.92 Å². The molecule has 1 aliphatic rings. The summed E-state index contributed by atoms with van der Waals surface area (Å²) in [6.45, 7) is 8.46. The van der Waals surface area contributed by atoms with Crippen molar-refractivity contribution in [3.05, 3.63) is 72.1 Å². The first-order chi connectivity index (χ1) is 20.3. The summed E-state index contributed by atoms with van der Waals surface area (Å²) in [6.07, 6.45) is 5.29. The van der Waals surface area contributed by atoms with E-state index < -0.39 is 27.3 Å². The molecule has 12 heteroatoms. The van der Waals surface area contributed by atoms with Gasteiger partial charge in [0.15, 0.2) is 0 Å². The van der Waals surface area contributed by atoms with Crippen molar-refractivity contribution in [2.24, 2.45) is 5.92 Å². The Morgan fingerprint density at radius 2 is 1.88 bits per heavy atom. The minimum atomic E-state index is -5.93. The fraction of sp³-hybridized carbons (Fsp3) is 0.387. The van der Waals surface area contributed by atoms with Crippen LogP contribution in [0.4, 0.5) is 13.2 Å². The highest BCUT2D eigenvalue weighted by molar-refractivity contribution is 7.88. The maximum Gasteiger partial charge on any atom is 0.534 e. The molecule has 1 aromatic heterocycles. The average molecular weight is 622 g/mol. The number of nitrogens with zero attached hydrogens (tertiary/aromatic N) is 1. The Labute approximate surface area is 248 Å². The molecule has 4 rings (SSSR count). The lowest BCUT2D eigenvalue weighted by Crippen LogP contribution is -2.28. The molecule has 0 atom stereocenters. The number of hydrogen-bond donors (Lipinski definition) is 0. The smallest absolute Gasteiger partial charge is 0.502 e. The molecular formula is C31H34F3NO7S. The fourth-order valence-corrected chi connectivity index (χ4v) is 4.98. The van der Waals surface area contributed by atoms with Gasteiger partial charge in [-0.15, -0.1) is 0 Å². The topological polar surface area (TPSA) is 93.1 Å². The molecule has 43 heavy (non-hydrogen) atoms. The van der Waals surface area contributed by atoms with E-state index in [4.69, 9.17) is 14.2 Å². The van der Waals surface area contributed by atoms with E-state index in [0.29, 0.717) is 53.1 Å². The van der Waals surface area contributed by atoms with Gasteiger partial charge in [-0.25, -0.2) is 4.79 Å². The summed E-state index contributed by atoms with van der Waals surface area (Å²) >= 11 is 0. The largest absolute Gasteiger partial charge is 0.534 e. The van der Waals surface area contributed by atoms with Crippen LogP contribution in [0.2, 0.25) is 0 Å². The molecular weight excluding hydrogens is 587 g/mol. The monoisotopic (exact) mass is 621 g/mol. The zero-order chi connectivity index (χ0) is 31.4. The molecule has 0 saturated heterocycles. The molecule has 0 N–H and O–H groups in total. The minimum Gasteiger partial charge on any atom is -0.502 e. The molecule has 1 aliphatic carbocycles. The van der Waals surface area contributed by atoms with E-state index in [2.05, 4.69) is 10.8 Å². The number of aromatic nitrogens is 1. The molecule has 0 unspecified atom stereocenters. The van der Waals surface area contributed by atoms with Gasteiger partial charge in [-0.2, -0.15) is 21.6 Å². The first-order valence-corrected chi connectivity index (χ1v) is 15.2. The van der Waals surface area contributed by atoms with E-state index in [-0.39, 0.29) is 18.8 Å². The van der Waals surface area contributed by atoms with Crippen LogP contribution in [0.25, 0.3) is 22.0 Å². The van der Waals surface area contributed by atoms with Crippen molar-refractivity contribution < 1.29 is 44.8 Å². The molecule has 1 saturated carbocycles. The third-order valence-electron chi connectivity index (χ3n) is 6.93. The van der Waals surface area contributed by atoms with E-state index >= 15 is 0 Å². The number of fused-ring (bicyclic) bond motifs is 1. The lowest BCUT2D eigenvalue weighted by atomic mass is 10.0. The van der Waals surface area contributed by atoms with Crippen LogP contribution < -0.4 is 8.92 Å². The second kappa shape index (κ2) is 13.2. The molecule has 1 fully saturated rings. The maximum atomic E-state index is 13.5. The summed E-state index contributed by atoms with van der Waals surface area (Å²) in [5, 5.41) is 0.292.